The first kappa shape index (κ1) is 12.2. The van der Waals surface area contributed by atoms with Crippen LogP contribution in [-0.2, 0) is 19.6 Å². The SMILES string of the molecule is NC1CCC(c2nc(CO)c3n2CCCC3)CC1. The van der Waals surface area contributed by atoms with Crippen molar-refractivity contribution in [3.63, 3.8) is 0 Å². The van der Waals surface area contributed by atoms with Gasteiger partial charge < -0.3 is 15.4 Å². The van der Waals surface area contributed by atoms with E-state index in [1.165, 1.54) is 24.4 Å². The molecule has 1 aliphatic heterocycles. The summed E-state index contributed by atoms with van der Waals surface area (Å²) in [6.07, 6.45) is 8.09. The first-order valence-corrected chi connectivity index (χ1v) is 7.24. The smallest absolute Gasteiger partial charge is 0.112 e. The Hall–Kier alpha value is -0.870. The van der Waals surface area contributed by atoms with Crippen molar-refractivity contribution < 1.29 is 5.11 Å². The maximum atomic E-state index is 9.45. The fourth-order valence-corrected chi connectivity index (χ4v) is 3.46. The highest BCUT2D eigenvalue weighted by atomic mass is 16.3. The van der Waals surface area contributed by atoms with E-state index in [-0.39, 0.29) is 6.61 Å². The van der Waals surface area contributed by atoms with Crippen molar-refractivity contribution in [3.05, 3.63) is 17.2 Å². The largest absolute Gasteiger partial charge is 0.390 e. The van der Waals surface area contributed by atoms with Crippen molar-refractivity contribution in [2.75, 3.05) is 0 Å². The summed E-state index contributed by atoms with van der Waals surface area (Å²) in [6.45, 7) is 1.17. The highest BCUT2D eigenvalue weighted by Crippen LogP contribution is 2.34. The Labute approximate surface area is 108 Å². The van der Waals surface area contributed by atoms with Gasteiger partial charge in [0.25, 0.3) is 0 Å². The number of fused-ring (bicyclic) bond motifs is 1. The third-order valence-corrected chi connectivity index (χ3v) is 4.52. The molecule has 0 aromatic carbocycles. The number of aliphatic hydroxyl groups excluding tert-OH is 1. The van der Waals surface area contributed by atoms with Gasteiger partial charge in [-0.15, -0.1) is 0 Å². The molecule has 18 heavy (non-hydrogen) atoms. The monoisotopic (exact) mass is 249 g/mol. The molecule has 1 aromatic rings. The van der Waals surface area contributed by atoms with Crippen LogP contribution in [0.3, 0.4) is 0 Å². The molecule has 4 nitrogen and oxygen atoms in total. The molecule has 0 saturated heterocycles. The second kappa shape index (κ2) is 5.02. The predicted molar refractivity (Wildman–Crippen MR) is 70.3 cm³/mol. The third-order valence-electron chi connectivity index (χ3n) is 4.52. The molecule has 0 bridgehead atoms. The van der Waals surface area contributed by atoms with E-state index in [1.807, 2.05) is 0 Å². The Morgan fingerprint density at radius 1 is 1.22 bits per heavy atom. The zero-order valence-corrected chi connectivity index (χ0v) is 10.9. The van der Waals surface area contributed by atoms with Crippen LogP contribution in [0.1, 0.15) is 61.7 Å². The van der Waals surface area contributed by atoms with E-state index in [4.69, 9.17) is 10.7 Å². The Morgan fingerprint density at radius 3 is 2.72 bits per heavy atom. The minimum absolute atomic E-state index is 0.0849. The van der Waals surface area contributed by atoms with Crippen LogP contribution in [0.2, 0.25) is 0 Å². The number of hydrogen-bond donors (Lipinski definition) is 2. The molecule has 1 aromatic heterocycles. The first-order valence-electron chi connectivity index (χ1n) is 7.24. The average molecular weight is 249 g/mol. The molecule has 3 rings (SSSR count). The number of nitrogens with two attached hydrogens (primary N) is 1. The Bertz CT molecular complexity index is 419. The highest BCUT2D eigenvalue weighted by molar-refractivity contribution is 5.21. The number of aromatic nitrogens is 2. The van der Waals surface area contributed by atoms with Gasteiger partial charge in [0.2, 0.25) is 0 Å². The van der Waals surface area contributed by atoms with Gasteiger partial charge in [-0.1, -0.05) is 0 Å². The van der Waals surface area contributed by atoms with E-state index in [9.17, 15) is 5.11 Å². The van der Waals surface area contributed by atoms with E-state index in [0.717, 1.165) is 44.3 Å². The number of rotatable bonds is 2. The molecule has 3 N–H and O–H groups in total. The molecule has 100 valence electrons. The lowest BCUT2D eigenvalue weighted by Crippen LogP contribution is -2.27. The number of nitrogens with zero attached hydrogens (tertiary/aromatic N) is 2. The van der Waals surface area contributed by atoms with Crippen molar-refractivity contribution in [1.82, 2.24) is 9.55 Å². The van der Waals surface area contributed by atoms with Crippen LogP contribution in [-0.4, -0.2) is 20.7 Å². The van der Waals surface area contributed by atoms with Gasteiger partial charge in [0, 0.05) is 24.2 Å². The van der Waals surface area contributed by atoms with Crippen LogP contribution in [0.5, 0.6) is 0 Å². The zero-order valence-electron chi connectivity index (χ0n) is 10.9. The normalized spacial score (nSPS) is 28.1. The Kier molecular flexibility index (Phi) is 3.39. The molecule has 1 saturated carbocycles. The molecule has 2 aliphatic rings. The summed E-state index contributed by atoms with van der Waals surface area (Å²) in [4.78, 5) is 4.73. The fraction of sp³-hybridized carbons (Fsp3) is 0.786. The number of imidazole rings is 1. The van der Waals surface area contributed by atoms with E-state index in [0.29, 0.717) is 12.0 Å². The van der Waals surface area contributed by atoms with Crippen LogP contribution in [0.4, 0.5) is 0 Å². The maximum Gasteiger partial charge on any atom is 0.112 e. The molecule has 1 aliphatic carbocycles. The van der Waals surface area contributed by atoms with Gasteiger partial charge in [0.1, 0.15) is 5.82 Å². The molecule has 0 atom stereocenters. The van der Waals surface area contributed by atoms with Crippen LogP contribution >= 0.6 is 0 Å². The summed E-state index contributed by atoms with van der Waals surface area (Å²) in [6, 6.07) is 0.384. The molecule has 0 unspecified atom stereocenters. The summed E-state index contributed by atoms with van der Waals surface area (Å²) >= 11 is 0. The summed E-state index contributed by atoms with van der Waals surface area (Å²) < 4.78 is 2.39. The lowest BCUT2D eigenvalue weighted by Gasteiger charge is -2.27. The topological polar surface area (TPSA) is 64.1 Å². The number of hydrogen-bond acceptors (Lipinski definition) is 3. The molecule has 1 fully saturated rings. The standard InChI is InChI=1S/C14H23N3O/c15-11-6-4-10(5-7-11)14-16-12(9-18)13-3-1-2-8-17(13)14/h10-11,18H,1-9,15H2. The lowest BCUT2D eigenvalue weighted by molar-refractivity contribution is 0.275. The average Bonchev–Trinajstić information content (AvgIpc) is 2.79. The molecule has 0 radical (unpaired) electrons. The van der Waals surface area contributed by atoms with E-state index < -0.39 is 0 Å². The van der Waals surface area contributed by atoms with Gasteiger partial charge >= 0.3 is 0 Å². The quantitative estimate of drug-likeness (QED) is 0.838. The Balaban J connectivity index is 1.89. The molecule has 0 amide bonds. The zero-order chi connectivity index (χ0) is 12.5. The van der Waals surface area contributed by atoms with Crippen LogP contribution in [0.25, 0.3) is 0 Å². The van der Waals surface area contributed by atoms with E-state index >= 15 is 0 Å². The minimum atomic E-state index is 0.0849. The van der Waals surface area contributed by atoms with Crippen molar-refractivity contribution in [2.24, 2.45) is 5.73 Å². The van der Waals surface area contributed by atoms with Gasteiger partial charge in [-0.05, 0) is 44.9 Å². The van der Waals surface area contributed by atoms with E-state index in [2.05, 4.69) is 4.57 Å². The van der Waals surface area contributed by atoms with Gasteiger partial charge in [-0.25, -0.2) is 4.98 Å². The molecular formula is C14H23N3O. The summed E-state index contributed by atoms with van der Waals surface area (Å²) in [5.41, 5.74) is 8.18. The van der Waals surface area contributed by atoms with Crippen molar-refractivity contribution in [1.29, 1.82) is 0 Å². The first-order chi connectivity index (χ1) is 8.79. The second-order valence-electron chi connectivity index (χ2n) is 5.74. The van der Waals surface area contributed by atoms with Crippen LogP contribution < -0.4 is 5.73 Å². The number of aliphatic hydroxyl groups is 1. The van der Waals surface area contributed by atoms with Gasteiger partial charge in [0.15, 0.2) is 0 Å². The predicted octanol–water partition coefficient (Wildman–Crippen LogP) is 1.70. The van der Waals surface area contributed by atoms with Gasteiger partial charge in [-0.2, -0.15) is 0 Å². The Morgan fingerprint density at radius 2 is 2.00 bits per heavy atom. The highest BCUT2D eigenvalue weighted by Gasteiger charge is 2.27. The summed E-state index contributed by atoms with van der Waals surface area (Å²) in [5, 5.41) is 9.45. The molecule has 0 spiro atoms. The minimum Gasteiger partial charge on any atom is -0.390 e. The van der Waals surface area contributed by atoms with Gasteiger partial charge in [-0.3, -0.25) is 0 Å². The summed E-state index contributed by atoms with van der Waals surface area (Å²) in [7, 11) is 0. The van der Waals surface area contributed by atoms with E-state index in [1.54, 1.807) is 0 Å². The second-order valence-corrected chi connectivity index (χ2v) is 5.74. The van der Waals surface area contributed by atoms with Crippen molar-refractivity contribution in [3.8, 4) is 0 Å². The summed E-state index contributed by atoms with van der Waals surface area (Å²) in [5.74, 6) is 1.78. The lowest BCUT2D eigenvalue weighted by atomic mass is 9.86. The third kappa shape index (κ3) is 2.08. The van der Waals surface area contributed by atoms with Crippen LogP contribution in [0.15, 0.2) is 0 Å². The van der Waals surface area contributed by atoms with Crippen LogP contribution in [0, 0.1) is 0 Å². The molecule has 2 heterocycles. The molecule has 4 heteroatoms. The van der Waals surface area contributed by atoms with Gasteiger partial charge in [0.05, 0.1) is 12.3 Å². The van der Waals surface area contributed by atoms with Crippen molar-refractivity contribution in [2.45, 2.75) is 70.1 Å². The van der Waals surface area contributed by atoms with Crippen molar-refractivity contribution >= 4 is 0 Å². The fourth-order valence-electron chi connectivity index (χ4n) is 3.46. The molecular weight excluding hydrogens is 226 g/mol. The maximum absolute atomic E-state index is 9.45.